The third-order valence-electron chi connectivity index (χ3n) is 7.61. The van der Waals surface area contributed by atoms with Crippen molar-refractivity contribution >= 4 is 45.9 Å². The smallest absolute Gasteiger partial charge is 0.250 e. The van der Waals surface area contributed by atoms with Gasteiger partial charge < -0.3 is 15.0 Å². The van der Waals surface area contributed by atoms with Gasteiger partial charge in [0.05, 0.1) is 11.8 Å². The molecule has 2 fully saturated rings. The van der Waals surface area contributed by atoms with Gasteiger partial charge in [0, 0.05) is 59.7 Å². The van der Waals surface area contributed by atoms with Crippen LogP contribution in [0.2, 0.25) is 5.02 Å². The number of nitrogens with one attached hydrogen (secondary N) is 3. The molecule has 3 aliphatic heterocycles. The van der Waals surface area contributed by atoms with E-state index in [4.69, 9.17) is 16.3 Å². The van der Waals surface area contributed by atoms with Crippen molar-refractivity contribution in [3.05, 3.63) is 64.8 Å². The second-order valence-electron chi connectivity index (χ2n) is 9.44. The highest BCUT2D eigenvalue weighted by Crippen LogP contribution is 2.53. The predicted octanol–water partition coefficient (Wildman–Crippen LogP) is 2.82. The number of rotatable bonds is 6. The zero-order valence-electron chi connectivity index (χ0n) is 19.1. The monoisotopic (exact) mass is 492 g/mol. The lowest BCUT2D eigenvalue weighted by atomic mass is 9.76. The number of ether oxygens (including phenoxy) is 1. The molecule has 1 spiro atoms. The second kappa shape index (κ2) is 8.19. The van der Waals surface area contributed by atoms with Crippen LogP contribution in [-0.2, 0) is 31.1 Å². The van der Waals surface area contributed by atoms with Gasteiger partial charge in [-0.1, -0.05) is 29.8 Å². The maximum absolute atomic E-state index is 13.8. The molecule has 3 aliphatic rings. The fraction of sp³-hybridized carbons (Fsp3) is 0.346. The summed E-state index contributed by atoms with van der Waals surface area (Å²) >= 11 is 6.32. The van der Waals surface area contributed by atoms with E-state index >= 15 is 0 Å². The van der Waals surface area contributed by atoms with Crippen LogP contribution in [0.25, 0.3) is 10.9 Å². The van der Waals surface area contributed by atoms with Crippen molar-refractivity contribution < 1.29 is 19.1 Å². The number of para-hydroxylation sites is 1. The minimum atomic E-state index is -1.36. The fourth-order valence-corrected chi connectivity index (χ4v) is 6.31. The number of fused-ring (bicyclic) bond motifs is 5. The van der Waals surface area contributed by atoms with E-state index in [0.29, 0.717) is 35.7 Å². The van der Waals surface area contributed by atoms with Crippen LogP contribution < -0.4 is 10.6 Å². The van der Waals surface area contributed by atoms with E-state index in [-0.39, 0.29) is 24.3 Å². The topological polar surface area (TPSA) is 104 Å². The highest BCUT2D eigenvalue weighted by Gasteiger charge is 2.70. The molecular formula is C26H25ClN4O4. The van der Waals surface area contributed by atoms with Gasteiger partial charge in [0.1, 0.15) is 5.54 Å². The lowest BCUT2D eigenvalue weighted by Gasteiger charge is -2.29. The molecule has 3 aromatic rings. The van der Waals surface area contributed by atoms with Gasteiger partial charge in [0.15, 0.2) is 0 Å². The van der Waals surface area contributed by atoms with Gasteiger partial charge in [-0.25, -0.2) is 0 Å². The normalized spacial score (nSPS) is 27.2. The molecule has 3 amide bonds. The van der Waals surface area contributed by atoms with E-state index in [9.17, 15) is 14.4 Å². The number of aromatic nitrogens is 1. The molecule has 6 rings (SSSR count). The number of likely N-dealkylation sites (tertiary alicyclic amines) is 1. The molecule has 1 aromatic heterocycles. The Morgan fingerprint density at radius 3 is 2.77 bits per heavy atom. The summed E-state index contributed by atoms with van der Waals surface area (Å²) in [5, 5.41) is 7.91. The number of carbonyl (C=O) groups is 3. The molecule has 0 unspecified atom stereocenters. The van der Waals surface area contributed by atoms with Crippen molar-refractivity contribution in [2.24, 2.45) is 11.8 Å². The van der Waals surface area contributed by atoms with E-state index in [2.05, 4.69) is 15.6 Å². The molecule has 0 saturated carbocycles. The Kier molecular flexibility index (Phi) is 5.21. The molecule has 3 N–H and O–H groups in total. The minimum absolute atomic E-state index is 0.242. The quantitative estimate of drug-likeness (QED) is 0.362. The number of hydrogen-bond acceptors (Lipinski definition) is 5. The number of imide groups is 1. The summed E-state index contributed by atoms with van der Waals surface area (Å²) in [7, 11) is 1.59. The van der Waals surface area contributed by atoms with Crippen molar-refractivity contribution in [2.45, 2.75) is 24.4 Å². The lowest BCUT2D eigenvalue weighted by Crippen LogP contribution is -2.53. The van der Waals surface area contributed by atoms with Crippen LogP contribution in [-0.4, -0.2) is 53.9 Å². The van der Waals surface area contributed by atoms with E-state index in [1.54, 1.807) is 25.3 Å². The average Bonchev–Trinajstić information content (AvgIpc) is 3.55. The van der Waals surface area contributed by atoms with Gasteiger partial charge >= 0.3 is 0 Å². The molecule has 35 heavy (non-hydrogen) atoms. The first-order valence-electron chi connectivity index (χ1n) is 11.7. The van der Waals surface area contributed by atoms with E-state index in [1.165, 1.54) is 4.90 Å². The standard InChI is InChI=1S/C26H25ClN4O4/c1-35-10-4-9-31-23(32)21-20(11-14-13-28-18-6-3-2-5-16(14)18)30-26(22(21)24(31)33)17-12-15(27)7-8-19(17)29-25(26)34/h2-3,5-8,12-13,20-22,28,30H,4,9-11H2,1H3,(H,29,34)/t20-,21+,22-,26-/m0/s1. The van der Waals surface area contributed by atoms with Gasteiger partial charge in [-0.3, -0.25) is 24.6 Å². The largest absolute Gasteiger partial charge is 0.385 e. The van der Waals surface area contributed by atoms with Crippen LogP contribution in [0.4, 0.5) is 5.69 Å². The number of nitrogens with zero attached hydrogens (tertiary/aromatic N) is 1. The Morgan fingerprint density at radius 2 is 1.94 bits per heavy atom. The van der Waals surface area contributed by atoms with Gasteiger partial charge in [-0.05, 0) is 42.7 Å². The third-order valence-corrected chi connectivity index (χ3v) is 7.85. The molecular weight excluding hydrogens is 468 g/mol. The maximum Gasteiger partial charge on any atom is 0.250 e. The Morgan fingerprint density at radius 1 is 1.11 bits per heavy atom. The predicted molar refractivity (Wildman–Crippen MR) is 131 cm³/mol. The van der Waals surface area contributed by atoms with E-state index < -0.39 is 23.4 Å². The molecule has 0 aliphatic carbocycles. The van der Waals surface area contributed by atoms with Crippen molar-refractivity contribution in [2.75, 3.05) is 25.6 Å². The molecule has 0 bridgehead atoms. The summed E-state index contributed by atoms with van der Waals surface area (Å²) in [6.45, 7) is 0.700. The number of halogens is 1. The molecule has 9 heteroatoms. The van der Waals surface area contributed by atoms with Crippen molar-refractivity contribution in [1.29, 1.82) is 0 Å². The van der Waals surface area contributed by atoms with Crippen LogP contribution in [0.5, 0.6) is 0 Å². The van der Waals surface area contributed by atoms with E-state index in [1.807, 2.05) is 30.5 Å². The van der Waals surface area contributed by atoms with Gasteiger partial charge in [0.2, 0.25) is 17.7 Å². The van der Waals surface area contributed by atoms with Crippen LogP contribution in [0.1, 0.15) is 17.5 Å². The number of H-pyrrole nitrogens is 1. The number of methoxy groups -OCH3 is 1. The summed E-state index contributed by atoms with van der Waals surface area (Å²) in [6, 6.07) is 12.7. The van der Waals surface area contributed by atoms with Gasteiger partial charge in [0.25, 0.3) is 0 Å². The molecule has 4 heterocycles. The molecule has 2 aromatic carbocycles. The molecule has 8 nitrogen and oxygen atoms in total. The summed E-state index contributed by atoms with van der Waals surface area (Å²) in [4.78, 5) is 45.6. The summed E-state index contributed by atoms with van der Waals surface area (Å²) < 4.78 is 5.12. The lowest BCUT2D eigenvalue weighted by molar-refractivity contribution is -0.143. The first kappa shape index (κ1) is 22.3. The second-order valence-corrected chi connectivity index (χ2v) is 9.88. The van der Waals surface area contributed by atoms with Gasteiger partial charge in [-0.15, -0.1) is 0 Å². The van der Waals surface area contributed by atoms with Crippen molar-refractivity contribution in [1.82, 2.24) is 15.2 Å². The number of hydrogen-bond donors (Lipinski definition) is 3. The number of aromatic amines is 1. The molecule has 180 valence electrons. The first-order chi connectivity index (χ1) is 17.0. The number of carbonyl (C=O) groups excluding carboxylic acids is 3. The Labute approximate surface area is 207 Å². The highest BCUT2D eigenvalue weighted by atomic mass is 35.5. The van der Waals surface area contributed by atoms with E-state index in [0.717, 1.165) is 16.5 Å². The van der Waals surface area contributed by atoms with Crippen LogP contribution in [0.3, 0.4) is 0 Å². The Balaban J connectivity index is 1.45. The zero-order chi connectivity index (χ0) is 24.3. The van der Waals surface area contributed by atoms with Crippen LogP contribution in [0.15, 0.2) is 48.7 Å². The summed E-state index contributed by atoms with van der Waals surface area (Å²) in [6.07, 6.45) is 2.96. The summed E-state index contributed by atoms with van der Waals surface area (Å²) in [5.41, 5.74) is 1.89. The number of amides is 3. The third kappa shape index (κ3) is 3.17. The van der Waals surface area contributed by atoms with Crippen molar-refractivity contribution in [3.63, 3.8) is 0 Å². The minimum Gasteiger partial charge on any atom is -0.385 e. The average molecular weight is 493 g/mol. The Bertz CT molecular complexity index is 1370. The van der Waals surface area contributed by atoms with Crippen LogP contribution >= 0.6 is 11.6 Å². The highest BCUT2D eigenvalue weighted by molar-refractivity contribution is 6.31. The SMILES string of the molecule is COCCCN1C(=O)[C@@H]2[C@H](Cc3c[nH]c4ccccc34)N[C@]3(C(=O)Nc4ccc(Cl)cc43)[C@@H]2C1=O. The van der Waals surface area contributed by atoms with Crippen LogP contribution in [0, 0.1) is 11.8 Å². The number of anilines is 1. The maximum atomic E-state index is 13.8. The van der Waals surface area contributed by atoms with Crippen molar-refractivity contribution in [3.8, 4) is 0 Å². The fourth-order valence-electron chi connectivity index (χ4n) is 6.13. The first-order valence-corrected chi connectivity index (χ1v) is 12.1. The molecule has 0 radical (unpaired) electrons. The summed E-state index contributed by atoms with van der Waals surface area (Å²) in [5.74, 6) is -2.42. The Hall–Kier alpha value is -3.20. The molecule has 4 atom stereocenters. The number of benzene rings is 2. The van der Waals surface area contributed by atoms with Gasteiger partial charge in [-0.2, -0.15) is 0 Å². The zero-order valence-corrected chi connectivity index (χ0v) is 19.9. The molecule has 2 saturated heterocycles.